The molecule has 3 N–H and O–H groups in total. The van der Waals surface area contributed by atoms with E-state index in [1.807, 2.05) is 18.4 Å². The molecule has 2 atom stereocenters. The summed E-state index contributed by atoms with van der Waals surface area (Å²) < 4.78 is 0. The fraction of sp³-hybridized carbons (Fsp3) is 0.417. The first kappa shape index (κ1) is 12.3. The highest BCUT2D eigenvalue weighted by atomic mass is 32.2. The molecule has 0 amide bonds. The second-order valence-corrected chi connectivity index (χ2v) is 5.04. The summed E-state index contributed by atoms with van der Waals surface area (Å²) in [6, 6.07) is 5.46. The van der Waals surface area contributed by atoms with Crippen molar-refractivity contribution in [3.8, 4) is 5.75 Å². The van der Waals surface area contributed by atoms with Crippen molar-refractivity contribution in [3.63, 3.8) is 0 Å². The third-order valence-electron chi connectivity index (χ3n) is 3.09. The van der Waals surface area contributed by atoms with Gasteiger partial charge in [-0.2, -0.15) is 0 Å². The summed E-state index contributed by atoms with van der Waals surface area (Å²) in [4.78, 5) is 11.9. The zero-order valence-electron chi connectivity index (χ0n) is 9.51. The second-order valence-electron chi connectivity index (χ2n) is 4.16. The zero-order chi connectivity index (χ0) is 12.4. The average molecular weight is 253 g/mol. The van der Waals surface area contributed by atoms with Crippen LogP contribution in [0, 0.1) is 5.92 Å². The van der Waals surface area contributed by atoms with Gasteiger partial charge in [0.05, 0.1) is 5.92 Å². The smallest absolute Gasteiger partial charge is 0.307 e. The number of carbonyl (C=O) groups is 1. The molecule has 0 bridgehead atoms. The molecular weight excluding hydrogens is 238 g/mol. The van der Waals surface area contributed by atoms with Crippen molar-refractivity contribution in [2.24, 2.45) is 5.92 Å². The van der Waals surface area contributed by atoms with Crippen LogP contribution in [0.5, 0.6) is 5.75 Å². The molecule has 1 fully saturated rings. The van der Waals surface area contributed by atoms with Crippen LogP contribution in [0.25, 0.3) is 0 Å². The third kappa shape index (κ3) is 2.56. The number of carboxylic acid groups (broad SMARTS) is 1. The Balaban J connectivity index is 2.16. The summed E-state index contributed by atoms with van der Waals surface area (Å²) >= 11 is 1.57. The third-order valence-corrected chi connectivity index (χ3v) is 3.82. The maximum atomic E-state index is 10.9. The molecule has 1 aliphatic rings. The van der Waals surface area contributed by atoms with Crippen LogP contribution in [0.2, 0.25) is 0 Å². The van der Waals surface area contributed by atoms with E-state index in [-0.39, 0.29) is 17.7 Å². The first-order valence-electron chi connectivity index (χ1n) is 5.45. The lowest BCUT2D eigenvalue weighted by atomic mass is 9.99. The molecule has 0 spiro atoms. The van der Waals surface area contributed by atoms with Crippen LogP contribution >= 0.6 is 11.8 Å². The zero-order valence-corrected chi connectivity index (χ0v) is 10.3. The highest BCUT2D eigenvalue weighted by Gasteiger charge is 2.31. The topological polar surface area (TPSA) is 69.6 Å². The van der Waals surface area contributed by atoms with Crippen molar-refractivity contribution < 1.29 is 15.0 Å². The predicted octanol–water partition coefficient (Wildman–Crippen LogP) is 1.85. The fourth-order valence-corrected chi connectivity index (χ4v) is 2.54. The van der Waals surface area contributed by atoms with Crippen LogP contribution in [0.3, 0.4) is 0 Å². The van der Waals surface area contributed by atoms with E-state index in [1.165, 1.54) is 0 Å². The molecule has 4 nitrogen and oxygen atoms in total. The van der Waals surface area contributed by atoms with Gasteiger partial charge < -0.3 is 15.5 Å². The van der Waals surface area contributed by atoms with Crippen LogP contribution in [0.15, 0.2) is 23.1 Å². The van der Waals surface area contributed by atoms with Crippen molar-refractivity contribution >= 4 is 17.7 Å². The second kappa shape index (κ2) is 4.98. The molecule has 1 saturated heterocycles. The number of phenols is 1. The van der Waals surface area contributed by atoms with Gasteiger partial charge in [-0.3, -0.25) is 4.79 Å². The minimum absolute atomic E-state index is 0.0630. The molecule has 1 aliphatic heterocycles. The summed E-state index contributed by atoms with van der Waals surface area (Å²) in [6.45, 7) is 0.462. The number of hydrogen-bond acceptors (Lipinski definition) is 4. The van der Waals surface area contributed by atoms with E-state index < -0.39 is 5.97 Å². The molecule has 2 rings (SSSR count). The van der Waals surface area contributed by atoms with Gasteiger partial charge in [0.1, 0.15) is 5.75 Å². The summed E-state index contributed by atoms with van der Waals surface area (Å²) in [5.74, 6) is -0.903. The van der Waals surface area contributed by atoms with Gasteiger partial charge in [0.2, 0.25) is 0 Å². The van der Waals surface area contributed by atoms with Gasteiger partial charge in [-0.25, -0.2) is 0 Å². The molecule has 0 saturated carbocycles. The van der Waals surface area contributed by atoms with Gasteiger partial charge in [0.15, 0.2) is 0 Å². The Labute approximate surface area is 104 Å². The average Bonchev–Trinajstić information content (AvgIpc) is 2.78. The molecular formula is C12H15NO3S. The van der Waals surface area contributed by atoms with Crippen LogP contribution in [0.4, 0.5) is 0 Å². The van der Waals surface area contributed by atoms with E-state index in [4.69, 9.17) is 5.11 Å². The maximum absolute atomic E-state index is 10.9. The Hall–Kier alpha value is -1.20. The van der Waals surface area contributed by atoms with Crippen molar-refractivity contribution in [1.82, 2.24) is 5.32 Å². The van der Waals surface area contributed by atoms with Crippen molar-refractivity contribution in [2.45, 2.75) is 17.4 Å². The van der Waals surface area contributed by atoms with Gasteiger partial charge in [0.25, 0.3) is 0 Å². The molecule has 92 valence electrons. The lowest BCUT2D eigenvalue weighted by Gasteiger charge is -2.13. The van der Waals surface area contributed by atoms with E-state index in [0.29, 0.717) is 13.0 Å². The Morgan fingerprint density at radius 3 is 2.82 bits per heavy atom. The van der Waals surface area contributed by atoms with Gasteiger partial charge in [-0.1, -0.05) is 6.07 Å². The molecule has 0 aromatic heterocycles. The molecule has 1 aromatic carbocycles. The molecule has 5 heteroatoms. The number of nitrogens with one attached hydrogen (secondary N) is 1. The van der Waals surface area contributed by atoms with Gasteiger partial charge in [-0.05, 0) is 24.8 Å². The van der Waals surface area contributed by atoms with Gasteiger partial charge in [0, 0.05) is 23.0 Å². The monoisotopic (exact) mass is 253 g/mol. The number of aliphatic carboxylic acids is 1. The molecule has 1 heterocycles. The SMILES string of the molecule is CSc1ccc(C2CC(C(=O)O)CN2)c(O)c1. The van der Waals surface area contributed by atoms with Crippen LogP contribution in [0.1, 0.15) is 18.0 Å². The van der Waals surface area contributed by atoms with E-state index in [1.54, 1.807) is 17.8 Å². The summed E-state index contributed by atoms with van der Waals surface area (Å²) in [5.41, 5.74) is 0.784. The molecule has 17 heavy (non-hydrogen) atoms. The van der Waals surface area contributed by atoms with Gasteiger partial charge >= 0.3 is 5.97 Å². The standard InChI is InChI=1S/C12H15NO3S/c1-17-8-2-3-9(11(14)5-8)10-4-7(6-13-10)12(15)16/h2-3,5,7,10,13-14H,4,6H2,1H3,(H,15,16). The number of rotatable bonds is 3. The van der Waals surface area contributed by atoms with Gasteiger partial charge in [-0.15, -0.1) is 11.8 Å². The highest BCUT2D eigenvalue weighted by molar-refractivity contribution is 7.98. The van der Waals surface area contributed by atoms with Crippen molar-refractivity contribution in [2.75, 3.05) is 12.8 Å². The Morgan fingerprint density at radius 1 is 1.53 bits per heavy atom. The minimum Gasteiger partial charge on any atom is -0.508 e. The lowest BCUT2D eigenvalue weighted by Crippen LogP contribution is -2.17. The molecule has 0 radical (unpaired) electrons. The fourth-order valence-electron chi connectivity index (χ4n) is 2.11. The number of carboxylic acids is 1. The lowest BCUT2D eigenvalue weighted by molar-refractivity contribution is -0.141. The van der Waals surface area contributed by atoms with Crippen LogP contribution in [-0.4, -0.2) is 29.0 Å². The first-order valence-corrected chi connectivity index (χ1v) is 6.67. The first-order chi connectivity index (χ1) is 8.11. The Morgan fingerprint density at radius 2 is 2.29 bits per heavy atom. The van der Waals surface area contributed by atoms with Crippen molar-refractivity contribution in [1.29, 1.82) is 0 Å². The van der Waals surface area contributed by atoms with Crippen molar-refractivity contribution in [3.05, 3.63) is 23.8 Å². The summed E-state index contributed by atoms with van der Waals surface area (Å²) in [5, 5.41) is 22.0. The van der Waals surface area contributed by atoms with E-state index in [2.05, 4.69) is 5.32 Å². The molecule has 2 unspecified atom stereocenters. The molecule has 0 aliphatic carbocycles. The summed E-state index contributed by atoms with van der Waals surface area (Å²) in [6.07, 6.45) is 2.48. The van der Waals surface area contributed by atoms with Crippen LogP contribution < -0.4 is 5.32 Å². The normalized spacial score (nSPS) is 23.8. The highest BCUT2D eigenvalue weighted by Crippen LogP contribution is 2.34. The number of aromatic hydroxyl groups is 1. The number of benzene rings is 1. The maximum Gasteiger partial charge on any atom is 0.307 e. The quantitative estimate of drug-likeness (QED) is 0.717. The number of hydrogen-bond donors (Lipinski definition) is 3. The Bertz CT molecular complexity index is 436. The number of thioether (sulfide) groups is 1. The van der Waals surface area contributed by atoms with E-state index in [0.717, 1.165) is 10.5 Å². The van der Waals surface area contributed by atoms with Crippen LogP contribution in [-0.2, 0) is 4.79 Å². The van der Waals surface area contributed by atoms with E-state index >= 15 is 0 Å². The number of phenolic OH excluding ortho intramolecular Hbond substituents is 1. The predicted molar refractivity (Wildman–Crippen MR) is 66.4 cm³/mol. The summed E-state index contributed by atoms with van der Waals surface area (Å²) in [7, 11) is 0. The minimum atomic E-state index is -0.778. The Kier molecular flexibility index (Phi) is 3.59. The largest absolute Gasteiger partial charge is 0.508 e. The van der Waals surface area contributed by atoms with E-state index in [9.17, 15) is 9.90 Å². The molecule has 1 aromatic rings.